The van der Waals surface area contributed by atoms with Crippen LogP contribution < -0.4 is 5.32 Å². The molecule has 1 aromatic rings. The minimum absolute atomic E-state index is 0.0461. The Kier molecular flexibility index (Phi) is 4.62. The van der Waals surface area contributed by atoms with E-state index in [9.17, 15) is 8.42 Å². The lowest BCUT2D eigenvalue weighted by Crippen LogP contribution is -2.52. The molecule has 6 nitrogen and oxygen atoms in total. The first-order valence-electron chi connectivity index (χ1n) is 6.86. The fraction of sp³-hybridized carbons (Fsp3) is 0.615. The zero-order valence-electron chi connectivity index (χ0n) is 12.2. The molecule has 2 heterocycles. The largest absolute Gasteiger partial charge is 0.383 e. The highest BCUT2D eigenvalue weighted by Gasteiger charge is 2.34. The molecule has 0 amide bonds. The standard InChI is InChI=1S/C13H22N4O2S/c1-4-14-12-6-5-7-15-13(12)20(18,19)17-9-8-16(3)10-11(17)2/h5-7,11,14H,4,8-10H2,1-3H3. The van der Waals surface area contributed by atoms with Crippen molar-refractivity contribution in [2.45, 2.75) is 24.9 Å². The number of hydrogen-bond acceptors (Lipinski definition) is 5. The Morgan fingerprint density at radius 3 is 2.85 bits per heavy atom. The molecule has 0 bridgehead atoms. The molecule has 1 saturated heterocycles. The number of nitrogens with one attached hydrogen (secondary N) is 1. The van der Waals surface area contributed by atoms with E-state index in [1.54, 1.807) is 16.4 Å². The molecule has 1 atom stereocenters. The average molecular weight is 298 g/mol. The molecule has 7 heteroatoms. The van der Waals surface area contributed by atoms with Gasteiger partial charge in [-0.3, -0.25) is 0 Å². The van der Waals surface area contributed by atoms with Gasteiger partial charge in [0.15, 0.2) is 5.03 Å². The third kappa shape index (κ3) is 2.94. The molecule has 1 aliphatic rings. The van der Waals surface area contributed by atoms with Gasteiger partial charge in [0.2, 0.25) is 0 Å². The number of nitrogens with zero attached hydrogens (tertiary/aromatic N) is 3. The van der Waals surface area contributed by atoms with Gasteiger partial charge in [0.1, 0.15) is 0 Å². The van der Waals surface area contributed by atoms with Crippen molar-refractivity contribution in [1.29, 1.82) is 0 Å². The Labute approximate surface area is 120 Å². The number of pyridine rings is 1. The third-order valence-electron chi connectivity index (χ3n) is 3.46. The molecule has 112 valence electrons. The molecule has 1 aromatic heterocycles. The molecule has 1 N–H and O–H groups in total. The zero-order valence-corrected chi connectivity index (χ0v) is 13.0. The van der Waals surface area contributed by atoms with Crippen molar-refractivity contribution in [3.8, 4) is 0 Å². The summed E-state index contributed by atoms with van der Waals surface area (Å²) in [6.45, 7) is 6.51. The van der Waals surface area contributed by atoms with Crippen LogP contribution in [0, 0.1) is 0 Å². The van der Waals surface area contributed by atoms with Gasteiger partial charge in [-0.2, -0.15) is 4.31 Å². The predicted octanol–water partition coefficient (Wildman–Crippen LogP) is 0.838. The Balaban J connectivity index is 2.35. The van der Waals surface area contributed by atoms with Crippen LogP contribution in [-0.2, 0) is 10.0 Å². The summed E-state index contributed by atoms with van der Waals surface area (Å²) in [4.78, 5) is 6.23. The number of likely N-dealkylation sites (N-methyl/N-ethyl adjacent to an activating group) is 1. The second-order valence-electron chi connectivity index (χ2n) is 5.11. The van der Waals surface area contributed by atoms with Gasteiger partial charge in [0, 0.05) is 38.4 Å². The van der Waals surface area contributed by atoms with Crippen molar-refractivity contribution in [1.82, 2.24) is 14.2 Å². The molecule has 1 unspecified atom stereocenters. The summed E-state index contributed by atoms with van der Waals surface area (Å²) in [5, 5.41) is 3.19. The van der Waals surface area contributed by atoms with Gasteiger partial charge in [-0.15, -0.1) is 0 Å². The molecular formula is C13H22N4O2S. The van der Waals surface area contributed by atoms with E-state index in [1.165, 1.54) is 6.20 Å². The summed E-state index contributed by atoms with van der Waals surface area (Å²) in [5.41, 5.74) is 0.570. The van der Waals surface area contributed by atoms with E-state index < -0.39 is 10.0 Å². The summed E-state index contributed by atoms with van der Waals surface area (Å²) >= 11 is 0. The highest BCUT2D eigenvalue weighted by molar-refractivity contribution is 7.89. The minimum Gasteiger partial charge on any atom is -0.383 e. The number of hydrogen-bond donors (Lipinski definition) is 1. The normalized spacial score (nSPS) is 21.9. The zero-order chi connectivity index (χ0) is 14.8. The molecule has 0 saturated carbocycles. The van der Waals surface area contributed by atoms with Gasteiger partial charge < -0.3 is 10.2 Å². The molecule has 0 radical (unpaired) electrons. The lowest BCUT2D eigenvalue weighted by molar-refractivity contribution is 0.170. The maximum Gasteiger partial charge on any atom is 0.262 e. The van der Waals surface area contributed by atoms with Crippen LogP contribution in [0.4, 0.5) is 5.69 Å². The second kappa shape index (κ2) is 6.07. The monoisotopic (exact) mass is 298 g/mol. The number of rotatable bonds is 4. The minimum atomic E-state index is -3.55. The van der Waals surface area contributed by atoms with Crippen LogP contribution in [0.15, 0.2) is 23.4 Å². The van der Waals surface area contributed by atoms with Crippen molar-refractivity contribution in [3.05, 3.63) is 18.3 Å². The van der Waals surface area contributed by atoms with Gasteiger partial charge in [-0.25, -0.2) is 13.4 Å². The lowest BCUT2D eigenvalue weighted by Gasteiger charge is -2.37. The van der Waals surface area contributed by atoms with E-state index in [-0.39, 0.29) is 11.1 Å². The van der Waals surface area contributed by atoms with Crippen LogP contribution in [0.3, 0.4) is 0 Å². The maximum atomic E-state index is 12.8. The van der Waals surface area contributed by atoms with Crippen molar-refractivity contribution in [2.24, 2.45) is 0 Å². The van der Waals surface area contributed by atoms with E-state index in [4.69, 9.17) is 0 Å². The topological polar surface area (TPSA) is 65.5 Å². The Hall–Kier alpha value is -1.18. The van der Waals surface area contributed by atoms with Crippen LogP contribution in [0.5, 0.6) is 0 Å². The van der Waals surface area contributed by atoms with E-state index in [0.29, 0.717) is 18.8 Å². The first-order valence-corrected chi connectivity index (χ1v) is 8.30. The van der Waals surface area contributed by atoms with E-state index >= 15 is 0 Å². The molecule has 2 rings (SSSR count). The average Bonchev–Trinajstić information content (AvgIpc) is 2.39. The summed E-state index contributed by atoms with van der Waals surface area (Å²) in [5.74, 6) is 0. The van der Waals surface area contributed by atoms with Crippen LogP contribution in [0.2, 0.25) is 0 Å². The molecule has 1 fully saturated rings. The fourth-order valence-electron chi connectivity index (χ4n) is 2.51. The molecule has 0 aromatic carbocycles. The molecule has 0 aliphatic carbocycles. The quantitative estimate of drug-likeness (QED) is 0.892. The summed E-state index contributed by atoms with van der Waals surface area (Å²) < 4.78 is 27.2. The lowest BCUT2D eigenvalue weighted by atomic mass is 10.2. The van der Waals surface area contributed by atoms with Gasteiger partial charge in [-0.1, -0.05) is 0 Å². The van der Waals surface area contributed by atoms with Crippen LogP contribution in [-0.4, -0.2) is 61.9 Å². The van der Waals surface area contributed by atoms with E-state index in [1.807, 2.05) is 20.9 Å². The first-order chi connectivity index (χ1) is 9.46. The van der Waals surface area contributed by atoms with Gasteiger partial charge >= 0.3 is 0 Å². The van der Waals surface area contributed by atoms with Crippen molar-refractivity contribution >= 4 is 15.7 Å². The SMILES string of the molecule is CCNc1cccnc1S(=O)(=O)N1CCN(C)CC1C. The highest BCUT2D eigenvalue weighted by Crippen LogP contribution is 2.25. The van der Waals surface area contributed by atoms with Crippen LogP contribution in [0.25, 0.3) is 0 Å². The number of sulfonamides is 1. The first kappa shape index (κ1) is 15.2. The van der Waals surface area contributed by atoms with Crippen LogP contribution in [0.1, 0.15) is 13.8 Å². The van der Waals surface area contributed by atoms with Gasteiger partial charge in [0.05, 0.1) is 5.69 Å². The number of piperazine rings is 1. The molecule has 1 aliphatic heterocycles. The fourth-order valence-corrected chi connectivity index (χ4v) is 4.21. The summed E-state index contributed by atoms with van der Waals surface area (Å²) in [6.07, 6.45) is 1.52. The van der Waals surface area contributed by atoms with E-state index in [0.717, 1.165) is 13.1 Å². The van der Waals surface area contributed by atoms with E-state index in [2.05, 4.69) is 15.2 Å². The third-order valence-corrected chi connectivity index (χ3v) is 5.43. The van der Waals surface area contributed by atoms with Crippen molar-refractivity contribution < 1.29 is 8.42 Å². The summed E-state index contributed by atoms with van der Waals surface area (Å²) in [6, 6.07) is 3.45. The second-order valence-corrected chi connectivity index (χ2v) is 6.92. The number of aromatic nitrogens is 1. The summed E-state index contributed by atoms with van der Waals surface area (Å²) in [7, 11) is -1.55. The van der Waals surface area contributed by atoms with Crippen molar-refractivity contribution in [3.63, 3.8) is 0 Å². The van der Waals surface area contributed by atoms with Crippen LogP contribution >= 0.6 is 0 Å². The maximum absolute atomic E-state index is 12.8. The molecular weight excluding hydrogens is 276 g/mol. The van der Waals surface area contributed by atoms with Crippen molar-refractivity contribution in [2.75, 3.05) is 38.5 Å². The predicted molar refractivity (Wildman–Crippen MR) is 79.3 cm³/mol. The Bertz CT molecular complexity index is 561. The highest BCUT2D eigenvalue weighted by atomic mass is 32.2. The smallest absolute Gasteiger partial charge is 0.262 e. The Morgan fingerprint density at radius 2 is 2.20 bits per heavy atom. The molecule has 20 heavy (non-hydrogen) atoms. The number of anilines is 1. The van der Waals surface area contributed by atoms with Gasteiger partial charge in [-0.05, 0) is 33.0 Å². The van der Waals surface area contributed by atoms with Gasteiger partial charge in [0.25, 0.3) is 10.0 Å². The Morgan fingerprint density at radius 1 is 1.45 bits per heavy atom. The molecule has 0 spiro atoms.